The molecule has 0 aliphatic carbocycles. The number of fused-ring (bicyclic) bond motifs is 6. The first-order chi connectivity index (χ1) is 19.2. The molecule has 1 radical (unpaired) electrons. The predicted octanol–water partition coefficient (Wildman–Crippen LogP) is 8.60. The van der Waals surface area contributed by atoms with Crippen LogP contribution in [-0.2, 0) is 20.1 Å². The fourth-order valence-electron chi connectivity index (χ4n) is 4.74. The van der Waals surface area contributed by atoms with Crippen LogP contribution in [0.2, 0.25) is 0 Å². The molecule has 0 fully saturated rings. The molecule has 0 amide bonds. The maximum atomic E-state index is 6.08. The number of aryl methyl sites for hydroxylation is 1. The van der Waals surface area contributed by atoms with E-state index in [1.807, 2.05) is 110 Å². The van der Waals surface area contributed by atoms with Crippen LogP contribution in [0.1, 0.15) is 5.69 Å². The standard InChI is InChI=1S/C23H13N2O2.C11H8N.Ir/c1-13-9-10-16-15-6-4-7-17(22(15)27-23(16)25-13)19-11-21-18(12-24-19)14-5-2-3-8-20(14)26-21;1-2-6-10(7-3-1)11-8-4-5-9-12-11;/h2-6,8-12H,1H3;1-6,8-9H;/q2*-1;. The van der Waals surface area contributed by atoms with Crippen LogP contribution in [0.4, 0.5) is 0 Å². The van der Waals surface area contributed by atoms with E-state index in [1.165, 1.54) is 0 Å². The minimum atomic E-state index is 0. The molecule has 0 unspecified atom stereocenters. The number of rotatable bonds is 2. The van der Waals surface area contributed by atoms with E-state index in [-0.39, 0.29) is 20.1 Å². The molecular weight excluding hydrogens is 675 g/mol. The molecule has 8 rings (SSSR count). The zero-order valence-electron chi connectivity index (χ0n) is 21.4. The van der Waals surface area contributed by atoms with E-state index in [9.17, 15) is 0 Å². The zero-order chi connectivity index (χ0) is 26.2. The smallest absolute Gasteiger partial charge is 0.216 e. The van der Waals surface area contributed by atoms with Gasteiger partial charge in [-0.25, -0.2) is 4.98 Å². The molecule has 40 heavy (non-hydrogen) atoms. The van der Waals surface area contributed by atoms with Crippen molar-refractivity contribution in [1.82, 2.24) is 15.0 Å². The summed E-state index contributed by atoms with van der Waals surface area (Å²) in [5, 5.41) is 4.08. The molecule has 5 nitrogen and oxygen atoms in total. The van der Waals surface area contributed by atoms with E-state index in [2.05, 4.69) is 27.1 Å². The fraction of sp³-hybridized carbons (Fsp3) is 0.0294. The number of para-hydroxylation sites is 1. The summed E-state index contributed by atoms with van der Waals surface area (Å²) in [6.45, 7) is 1.96. The van der Waals surface area contributed by atoms with Gasteiger partial charge in [0.2, 0.25) is 5.71 Å². The molecule has 195 valence electrons. The van der Waals surface area contributed by atoms with Crippen molar-refractivity contribution in [3.05, 3.63) is 127 Å². The Kier molecular flexibility index (Phi) is 6.95. The molecule has 0 spiro atoms. The molecule has 6 heteroatoms. The molecule has 0 saturated carbocycles. The Hall–Kier alpha value is -4.64. The van der Waals surface area contributed by atoms with E-state index in [0.29, 0.717) is 5.71 Å². The Morgan fingerprint density at radius 3 is 2.38 bits per heavy atom. The van der Waals surface area contributed by atoms with Gasteiger partial charge in [-0.05, 0) is 48.6 Å². The van der Waals surface area contributed by atoms with Crippen LogP contribution >= 0.6 is 0 Å². The number of pyridine rings is 3. The molecular formula is C34H21IrN3O2-2. The molecule has 0 N–H and O–H groups in total. The second kappa shape index (κ2) is 10.9. The molecule has 0 aliphatic rings. The summed E-state index contributed by atoms with van der Waals surface area (Å²) in [5.74, 6) is 0. The van der Waals surface area contributed by atoms with Gasteiger partial charge in [-0.2, -0.15) is 0 Å². The first-order valence-electron chi connectivity index (χ1n) is 12.6. The van der Waals surface area contributed by atoms with Gasteiger partial charge in [0.1, 0.15) is 11.2 Å². The summed E-state index contributed by atoms with van der Waals surface area (Å²) in [4.78, 5) is 13.4. The maximum Gasteiger partial charge on any atom is 0.216 e. The number of furan rings is 2. The largest absolute Gasteiger partial charge is 0.486 e. The number of hydrogen-bond donors (Lipinski definition) is 0. The molecule has 0 saturated heterocycles. The van der Waals surface area contributed by atoms with E-state index >= 15 is 0 Å². The average molecular weight is 696 g/mol. The monoisotopic (exact) mass is 696 g/mol. The van der Waals surface area contributed by atoms with Crippen molar-refractivity contribution in [3.8, 4) is 22.5 Å². The SMILES string of the molecule is Cc1ccc2c(n1)oc1c(-c3cc4oc5ccccc5c4cn3)[c-]ccc12.[Ir].[c-]1ccccc1-c1ccccn1. The van der Waals surface area contributed by atoms with Crippen molar-refractivity contribution >= 4 is 44.0 Å². The van der Waals surface area contributed by atoms with Gasteiger partial charge in [0.05, 0.1) is 5.58 Å². The molecule has 0 atom stereocenters. The molecule has 5 aromatic heterocycles. The van der Waals surface area contributed by atoms with Crippen LogP contribution in [0.25, 0.3) is 66.5 Å². The van der Waals surface area contributed by atoms with Crippen molar-refractivity contribution in [2.45, 2.75) is 6.92 Å². The summed E-state index contributed by atoms with van der Waals surface area (Å²) in [5.41, 5.74) is 7.55. The molecule has 5 heterocycles. The minimum absolute atomic E-state index is 0. The van der Waals surface area contributed by atoms with Crippen molar-refractivity contribution in [3.63, 3.8) is 0 Å². The van der Waals surface area contributed by atoms with Crippen LogP contribution < -0.4 is 0 Å². The van der Waals surface area contributed by atoms with Gasteiger partial charge in [-0.15, -0.1) is 54.1 Å². The van der Waals surface area contributed by atoms with Crippen LogP contribution in [0.15, 0.2) is 118 Å². The summed E-state index contributed by atoms with van der Waals surface area (Å²) in [6, 6.07) is 38.0. The quantitative estimate of drug-likeness (QED) is 0.170. The minimum Gasteiger partial charge on any atom is -0.486 e. The van der Waals surface area contributed by atoms with Crippen LogP contribution in [0.3, 0.4) is 0 Å². The first kappa shape index (κ1) is 25.6. The van der Waals surface area contributed by atoms with Gasteiger partial charge in [0.25, 0.3) is 0 Å². The number of nitrogens with zero attached hydrogens (tertiary/aromatic N) is 3. The predicted molar refractivity (Wildman–Crippen MR) is 154 cm³/mol. The summed E-state index contributed by atoms with van der Waals surface area (Å²) < 4.78 is 12.1. The Labute approximate surface area is 243 Å². The van der Waals surface area contributed by atoms with Gasteiger partial charge < -0.3 is 18.8 Å². The number of hydrogen-bond acceptors (Lipinski definition) is 5. The van der Waals surface area contributed by atoms with Gasteiger partial charge in [-0.1, -0.05) is 41.3 Å². The molecule has 0 aliphatic heterocycles. The van der Waals surface area contributed by atoms with Crippen molar-refractivity contribution < 1.29 is 28.9 Å². The van der Waals surface area contributed by atoms with E-state index in [4.69, 9.17) is 8.83 Å². The number of aromatic nitrogens is 3. The molecule has 8 aromatic rings. The van der Waals surface area contributed by atoms with E-state index < -0.39 is 0 Å². The van der Waals surface area contributed by atoms with Gasteiger partial charge in [-0.3, -0.25) is 0 Å². The Balaban J connectivity index is 0.000000188. The topological polar surface area (TPSA) is 65.0 Å². The summed E-state index contributed by atoms with van der Waals surface area (Å²) >= 11 is 0. The number of benzene rings is 3. The zero-order valence-corrected chi connectivity index (χ0v) is 23.8. The van der Waals surface area contributed by atoms with E-state index in [0.717, 1.165) is 66.5 Å². The summed E-state index contributed by atoms with van der Waals surface area (Å²) in [6.07, 6.45) is 3.64. The van der Waals surface area contributed by atoms with Crippen LogP contribution in [0, 0.1) is 19.1 Å². The first-order valence-corrected chi connectivity index (χ1v) is 12.6. The van der Waals surface area contributed by atoms with Gasteiger partial charge in [0.15, 0.2) is 0 Å². The second-order valence-electron chi connectivity index (χ2n) is 9.16. The van der Waals surface area contributed by atoms with Crippen molar-refractivity contribution in [1.29, 1.82) is 0 Å². The summed E-state index contributed by atoms with van der Waals surface area (Å²) in [7, 11) is 0. The van der Waals surface area contributed by atoms with E-state index in [1.54, 1.807) is 6.20 Å². The third-order valence-electron chi connectivity index (χ3n) is 6.61. The van der Waals surface area contributed by atoms with Crippen LogP contribution in [-0.4, -0.2) is 15.0 Å². The normalized spacial score (nSPS) is 10.9. The van der Waals surface area contributed by atoms with Crippen molar-refractivity contribution in [2.24, 2.45) is 0 Å². The molecule has 0 bridgehead atoms. The Morgan fingerprint density at radius 1 is 0.650 bits per heavy atom. The Bertz CT molecular complexity index is 2050. The second-order valence-corrected chi connectivity index (χ2v) is 9.16. The third-order valence-corrected chi connectivity index (χ3v) is 6.61. The molecule has 3 aromatic carbocycles. The van der Waals surface area contributed by atoms with Crippen LogP contribution in [0.5, 0.6) is 0 Å². The average Bonchev–Trinajstić information content (AvgIpc) is 3.55. The Morgan fingerprint density at radius 2 is 1.52 bits per heavy atom. The third kappa shape index (κ3) is 4.68. The fourth-order valence-corrected chi connectivity index (χ4v) is 4.74. The van der Waals surface area contributed by atoms with Gasteiger partial charge in [0, 0.05) is 54.4 Å². The maximum absolute atomic E-state index is 6.08. The van der Waals surface area contributed by atoms with Gasteiger partial charge >= 0.3 is 0 Å². The van der Waals surface area contributed by atoms with Crippen molar-refractivity contribution in [2.75, 3.05) is 0 Å².